The lowest BCUT2D eigenvalue weighted by molar-refractivity contribution is 0.483. The van der Waals surface area contributed by atoms with Crippen LogP contribution < -0.4 is 10.1 Å². The van der Waals surface area contributed by atoms with Gasteiger partial charge in [0.15, 0.2) is 5.13 Å². The summed E-state index contributed by atoms with van der Waals surface area (Å²) < 4.78 is 5.87. The molecular formula is C20H15N3OS. The van der Waals surface area contributed by atoms with Crippen molar-refractivity contribution in [2.75, 3.05) is 5.32 Å². The van der Waals surface area contributed by atoms with Gasteiger partial charge in [0.1, 0.15) is 11.5 Å². The molecule has 0 aliphatic rings. The zero-order valence-corrected chi connectivity index (χ0v) is 14.1. The molecule has 122 valence electrons. The number of pyridine rings is 1. The highest BCUT2D eigenvalue weighted by Gasteiger charge is 2.05. The molecule has 0 amide bonds. The van der Waals surface area contributed by atoms with E-state index in [0.717, 1.165) is 33.6 Å². The molecule has 25 heavy (non-hydrogen) atoms. The number of aromatic nitrogens is 2. The number of anilines is 2. The second-order valence-electron chi connectivity index (χ2n) is 5.34. The molecule has 0 saturated heterocycles. The molecule has 0 unspecified atom stereocenters. The van der Waals surface area contributed by atoms with Crippen LogP contribution in [-0.4, -0.2) is 9.97 Å². The van der Waals surface area contributed by atoms with Crippen LogP contribution in [0.2, 0.25) is 0 Å². The third kappa shape index (κ3) is 3.84. The monoisotopic (exact) mass is 345 g/mol. The summed E-state index contributed by atoms with van der Waals surface area (Å²) in [4.78, 5) is 8.66. The first-order valence-corrected chi connectivity index (χ1v) is 8.71. The third-order valence-electron chi connectivity index (χ3n) is 3.54. The highest BCUT2D eigenvalue weighted by atomic mass is 32.1. The fourth-order valence-corrected chi connectivity index (χ4v) is 3.11. The lowest BCUT2D eigenvalue weighted by Gasteiger charge is -2.08. The van der Waals surface area contributed by atoms with Crippen molar-refractivity contribution in [2.24, 2.45) is 0 Å². The number of nitrogens with zero attached hydrogens (tertiary/aromatic N) is 2. The van der Waals surface area contributed by atoms with Crippen LogP contribution >= 0.6 is 11.3 Å². The summed E-state index contributed by atoms with van der Waals surface area (Å²) >= 11 is 1.57. The van der Waals surface area contributed by atoms with Crippen molar-refractivity contribution in [3.8, 4) is 22.8 Å². The van der Waals surface area contributed by atoms with Gasteiger partial charge in [0, 0.05) is 35.1 Å². The van der Waals surface area contributed by atoms with Crippen LogP contribution in [0, 0.1) is 0 Å². The fourth-order valence-electron chi connectivity index (χ4n) is 2.37. The molecule has 0 radical (unpaired) electrons. The molecule has 0 saturated carbocycles. The first-order valence-electron chi connectivity index (χ1n) is 7.83. The molecule has 2 aromatic carbocycles. The summed E-state index contributed by atoms with van der Waals surface area (Å²) in [7, 11) is 0. The molecule has 2 aromatic heterocycles. The van der Waals surface area contributed by atoms with Gasteiger partial charge in [-0.2, -0.15) is 0 Å². The van der Waals surface area contributed by atoms with E-state index >= 15 is 0 Å². The Hall–Kier alpha value is -3.18. The van der Waals surface area contributed by atoms with Crippen LogP contribution in [0.4, 0.5) is 10.8 Å². The Labute approximate surface area is 149 Å². The van der Waals surface area contributed by atoms with Crippen molar-refractivity contribution in [2.45, 2.75) is 0 Å². The Morgan fingerprint density at radius 3 is 2.48 bits per heavy atom. The zero-order valence-electron chi connectivity index (χ0n) is 13.3. The number of thiazole rings is 1. The van der Waals surface area contributed by atoms with Crippen molar-refractivity contribution >= 4 is 22.2 Å². The van der Waals surface area contributed by atoms with Gasteiger partial charge in [0.2, 0.25) is 0 Å². The lowest BCUT2D eigenvalue weighted by Crippen LogP contribution is -1.91. The van der Waals surface area contributed by atoms with Crippen LogP contribution in [0.3, 0.4) is 0 Å². The number of nitrogens with one attached hydrogen (secondary N) is 1. The van der Waals surface area contributed by atoms with Gasteiger partial charge in [-0.25, -0.2) is 4.98 Å². The predicted octanol–water partition coefficient (Wildman–Crippen LogP) is 5.74. The van der Waals surface area contributed by atoms with E-state index in [2.05, 4.69) is 15.3 Å². The molecule has 4 nitrogen and oxygen atoms in total. The van der Waals surface area contributed by atoms with Crippen molar-refractivity contribution in [1.29, 1.82) is 0 Å². The van der Waals surface area contributed by atoms with Gasteiger partial charge in [-0.3, -0.25) is 4.98 Å². The van der Waals surface area contributed by atoms with Gasteiger partial charge in [0.05, 0.1) is 5.69 Å². The molecule has 5 heteroatoms. The molecule has 0 bridgehead atoms. The van der Waals surface area contributed by atoms with E-state index in [-0.39, 0.29) is 0 Å². The minimum absolute atomic E-state index is 0.780. The first kappa shape index (κ1) is 15.4. The van der Waals surface area contributed by atoms with Gasteiger partial charge in [-0.05, 0) is 36.4 Å². The molecular weight excluding hydrogens is 330 g/mol. The molecule has 0 spiro atoms. The molecule has 0 aliphatic carbocycles. The average Bonchev–Trinajstić information content (AvgIpc) is 3.12. The highest BCUT2D eigenvalue weighted by molar-refractivity contribution is 7.14. The average molecular weight is 345 g/mol. The zero-order chi connectivity index (χ0) is 16.9. The smallest absolute Gasteiger partial charge is 0.187 e. The van der Waals surface area contributed by atoms with Crippen molar-refractivity contribution in [3.63, 3.8) is 0 Å². The Morgan fingerprint density at radius 1 is 0.840 bits per heavy atom. The molecule has 2 heterocycles. The second-order valence-corrected chi connectivity index (χ2v) is 6.20. The van der Waals surface area contributed by atoms with Gasteiger partial charge in [-0.1, -0.05) is 24.3 Å². The van der Waals surface area contributed by atoms with Gasteiger partial charge in [0.25, 0.3) is 0 Å². The SMILES string of the molecule is c1ccc(Oc2cccc(Nc3nc(-c4ccncc4)cs3)c2)cc1. The van der Waals surface area contributed by atoms with Crippen molar-refractivity contribution in [3.05, 3.63) is 84.5 Å². The van der Waals surface area contributed by atoms with E-state index in [1.54, 1.807) is 23.7 Å². The van der Waals surface area contributed by atoms with Crippen LogP contribution in [0.25, 0.3) is 11.3 Å². The lowest BCUT2D eigenvalue weighted by atomic mass is 10.2. The summed E-state index contributed by atoms with van der Waals surface area (Å²) in [5, 5.41) is 6.20. The maximum Gasteiger partial charge on any atom is 0.187 e. The maximum absolute atomic E-state index is 5.87. The first-order chi connectivity index (χ1) is 12.4. The van der Waals surface area contributed by atoms with E-state index < -0.39 is 0 Å². The third-order valence-corrected chi connectivity index (χ3v) is 4.30. The molecule has 0 atom stereocenters. The van der Waals surface area contributed by atoms with Gasteiger partial charge in [-0.15, -0.1) is 11.3 Å². The summed E-state index contributed by atoms with van der Waals surface area (Å²) in [6, 6.07) is 21.5. The van der Waals surface area contributed by atoms with Gasteiger partial charge < -0.3 is 10.1 Å². The minimum Gasteiger partial charge on any atom is -0.457 e. The van der Waals surface area contributed by atoms with E-state index in [1.165, 1.54) is 0 Å². The number of hydrogen-bond acceptors (Lipinski definition) is 5. The topological polar surface area (TPSA) is 47.0 Å². The quantitative estimate of drug-likeness (QED) is 0.501. The van der Waals surface area contributed by atoms with Gasteiger partial charge >= 0.3 is 0 Å². The predicted molar refractivity (Wildman–Crippen MR) is 102 cm³/mol. The summed E-state index contributed by atoms with van der Waals surface area (Å²) in [5.74, 6) is 1.59. The normalized spacial score (nSPS) is 10.4. The Morgan fingerprint density at radius 2 is 1.64 bits per heavy atom. The van der Waals surface area contributed by atoms with Crippen molar-refractivity contribution < 1.29 is 4.74 Å². The number of ether oxygens (including phenoxy) is 1. The summed E-state index contributed by atoms with van der Waals surface area (Å²) in [6.45, 7) is 0. The number of rotatable bonds is 5. The maximum atomic E-state index is 5.87. The van der Waals surface area contributed by atoms with Crippen molar-refractivity contribution in [1.82, 2.24) is 9.97 Å². The number of para-hydroxylation sites is 1. The van der Waals surface area contributed by atoms with E-state index in [0.29, 0.717) is 0 Å². The molecule has 1 N–H and O–H groups in total. The van der Waals surface area contributed by atoms with Crippen LogP contribution in [0.1, 0.15) is 0 Å². The van der Waals surface area contributed by atoms with E-state index in [4.69, 9.17) is 4.74 Å². The van der Waals surface area contributed by atoms with Crippen LogP contribution in [0.15, 0.2) is 84.5 Å². The Bertz CT molecular complexity index is 955. The summed E-state index contributed by atoms with van der Waals surface area (Å²) in [5.41, 5.74) is 2.93. The largest absolute Gasteiger partial charge is 0.457 e. The van der Waals surface area contributed by atoms with Crippen LogP contribution in [0.5, 0.6) is 11.5 Å². The van der Waals surface area contributed by atoms with E-state index in [1.807, 2.05) is 72.1 Å². The number of benzene rings is 2. The van der Waals surface area contributed by atoms with E-state index in [9.17, 15) is 0 Å². The molecule has 0 aliphatic heterocycles. The summed E-state index contributed by atoms with van der Waals surface area (Å²) in [6.07, 6.45) is 3.54. The Kier molecular flexibility index (Phi) is 4.39. The second kappa shape index (κ2) is 7.15. The minimum atomic E-state index is 0.780. The molecule has 0 fully saturated rings. The Balaban J connectivity index is 1.50. The highest BCUT2D eigenvalue weighted by Crippen LogP contribution is 2.29. The van der Waals surface area contributed by atoms with Crippen LogP contribution in [-0.2, 0) is 0 Å². The molecule has 4 aromatic rings. The fraction of sp³-hybridized carbons (Fsp3) is 0. The standard InChI is InChI=1S/C20H15N3OS/c1-2-6-17(7-3-1)24-18-8-4-5-16(13-18)22-20-23-19(14-25-20)15-9-11-21-12-10-15/h1-14H,(H,22,23). The molecule has 4 rings (SSSR count). The number of hydrogen-bond donors (Lipinski definition) is 1.